The van der Waals surface area contributed by atoms with Gasteiger partial charge in [0.05, 0.1) is 0 Å². The van der Waals surface area contributed by atoms with Gasteiger partial charge in [0, 0.05) is 75.9 Å². The van der Waals surface area contributed by atoms with Crippen LogP contribution >= 0.6 is 0 Å². The minimum atomic E-state index is 0.0313. The summed E-state index contributed by atoms with van der Waals surface area (Å²) in [6.45, 7) is 5.25. The standard InChI is InChI=1S/C26H37N5O/c1-29(2)24-9-7-20(8-10-24)26(32)28-17-25-16-21-11-15-31(25)19-22(21)18-30(3)14-12-23-6-4-5-13-27-23/h4-10,13,21-22,25H,11-12,14-19H2,1-3H3,(H,28,32)/t21-,22+,25-/m1/s1. The minimum absolute atomic E-state index is 0.0313. The smallest absolute Gasteiger partial charge is 0.251 e. The molecule has 2 aromatic rings. The molecule has 1 aromatic carbocycles. The third-order valence-electron chi connectivity index (χ3n) is 7.18. The van der Waals surface area contributed by atoms with E-state index in [2.05, 4.69) is 39.3 Å². The number of nitrogens with zero attached hydrogens (tertiary/aromatic N) is 4. The molecular formula is C26H37N5O. The molecule has 1 amide bonds. The van der Waals surface area contributed by atoms with Crippen LogP contribution < -0.4 is 10.2 Å². The van der Waals surface area contributed by atoms with Gasteiger partial charge in [-0.3, -0.25) is 14.7 Å². The van der Waals surface area contributed by atoms with Crippen molar-refractivity contribution < 1.29 is 4.79 Å². The first-order valence-electron chi connectivity index (χ1n) is 11.9. The highest BCUT2D eigenvalue weighted by Gasteiger charge is 2.40. The molecule has 1 unspecified atom stereocenters. The summed E-state index contributed by atoms with van der Waals surface area (Å²) in [7, 11) is 6.25. The Bertz CT molecular complexity index is 870. The number of fused-ring (bicyclic) bond motifs is 3. The molecular weight excluding hydrogens is 398 g/mol. The Kier molecular flexibility index (Phi) is 7.43. The van der Waals surface area contributed by atoms with Crippen molar-refractivity contribution in [2.45, 2.75) is 25.3 Å². The zero-order valence-corrected chi connectivity index (χ0v) is 19.7. The molecule has 0 saturated carbocycles. The number of anilines is 1. The summed E-state index contributed by atoms with van der Waals surface area (Å²) in [6, 6.07) is 14.4. The quantitative estimate of drug-likeness (QED) is 0.656. The van der Waals surface area contributed by atoms with Crippen LogP contribution in [0.3, 0.4) is 0 Å². The van der Waals surface area contributed by atoms with Gasteiger partial charge in [0.15, 0.2) is 0 Å². The number of amides is 1. The van der Waals surface area contributed by atoms with Crippen LogP contribution in [0.25, 0.3) is 0 Å². The van der Waals surface area contributed by atoms with E-state index in [1.54, 1.807) is 0 Å². The largest absolute Gasteiger partial charge is 0.378 e. The number of hydrogen-bond acceptors (Lipinski definition) is 5. The lowest BCUT2D eigenvalue weighted by Crippen LogP contribution is -2.58. The highest BCUT2D eigenvalue weighted by atomic mass is 16.1. The zero-order valence-electron chi connectivity index (χ0n) is 19.7. The van der Waals surface area contributed by atoms with Gasteiger partial charge in [-0.25, -0.2) is 0 Å². The maximum absolute atomic E-state index is 12.6. The zero-order chi connectivity index (χ0) is 22.5. The van der Waals surface area contributed by atoms with Crippen molar-refractivity contribution in [2.24, 2.45) is 11.8 Å². The third kappa shape index (κ3) is 5.67. The van der Waals surface area contributed by atoms with Crippen LogP contribution in [-0.2, 0) is 6.42 Å². The number of likely N-dealkylation sites (N-methyl/N-ethyl adjacent to an activating group) is 1. The summed E-state index contributed by atoms with van der Waals surface area (Å²) >= 11 is 0. The van der Waals surface area contributed by atoms with Gasteiger partial charge in [0.25, 0.3) is 5.91 Å². The maximum atomic E-state index is 12.6. The van der Waals surface area contributed by atoms with Gasteiger partial charge in [-0.1, -0.05) is 6.07 Å². The molecule has 1 N–H and O–H groups in total. The summed E-state index contributed by atoms with van der Waals surface area (Å²) in [5, 5.41) is 3.18. The average molecular weight is 436 g/mol. The normalized spacial score (nSPS) is 24.5. The molecule has 2 bridgehead atoms. The van der Waals surface area contributed by atoms with Gasteiger partial charge < -0.3 is 15.1 Å². The molecule has 0 radical (unpaired) electrons. The van der Waals surface area contributed by atoms with E-state index >= 15 is 0 Å². The highest BCUT2D eigenvalue weighted by Crippen LogP contribution is 2.36. The summed E-state index contributed by atoms with van der Waals surface area (Å²) < 4.78 is 0. The molecule has 6 heteroatoms. The molecule has 1 aromatic heterocycles. The summed E-state index contributed by atoms with van der Waals surface area (Å²) in [5.41, 5.74) is 3.01. The molecule has 4 atom stereocenters. The van der Waals surface area contributed by atoms with E-state index in [4.69, 9.17) is 0 Å². The lowest BCUT2D eigenvalue weighted by molar-refractivity contribution is -0.00870. The molecule has 6 nitrogen and oxygen atoms in total. The predicted molar refractivity (Wildman–Crippen MR) is 130 cm³/mol. The van der Waals surface area contributed by atoms with Crippen LogP contribution in [0.5, 0.6) is 0 Å². The lowest BCUT2D eigenvalue weighted by atomic mass is 9.75. The van der Waals surface area contributed by atoms with Crippen molar-refractivity contribution in [2.75, 3.05) is 58.8 Å². The number of rotatable bonds is 9. The number of aromatic nitrogens is 1. The summed E-state index contributed by atoms with van der Waals surface area (Å²) in [6.07, 6.45) is 5.36. The number of nitrogens with one attached hydrogen (secondary N) is 1. The van der Waals surface area contributed by atoms with Gasteiger partial charge in [-0.05, 0) is 74.7 Å². The van der Waals surface area contributed by atoms with Crippen LogP contribution in [0.15, 0.2) is 48.7 Å². The van der Waals surface area contributed by atoms with E-state index in [1.807, 2.05) is 55.5 Å². The molecule has 5 rings (SSSR count). The molecule has 0 aliphatic carbocycles. The monoisotopic (exact) mass is 435 g/mol. The fourth-order valence-corrected chi connectivity index (χ4v) is 5.24. The molecule has 3 aliphatic rings. The number of benzene rings is 1. The number of hydrogen-bond donors (Lipinski definition) is 1. The fraction of sp³-hybridized carbons (Fsp3) is 0.538. The van der Waals surface area contributed by atoms with Crippen molar-refractivity contribution in [3.63, 3.8) is 0 Å². The molecule has 32 heavy (non-hydrogen) atoms. The Labute approximate surface area is 192 Å². The molecule has 3 saturated heterocycles. The minimum Gasteiger partial charge on any atom is -0.378 e. The lowest BCUT2D eigenvalue weighted by Gasteiger charge is -2.50. The van der Waals surface area contributed by atoms with Crippen LogP contribution in [0.4, 0.5) is 5.69 Å². The van der Waals surface area contributed by atoms with Gasteiger partial charge in [-0.15, -0.1) is 0 Å². The van der Waals surface area contributed by atoms with Crippen molar-refractivity contribution in [1.82, 2.24) is 20.1 Å². The Morgan fingerprint density at radius 1 is 1.16 bits per heavy atom. The Morgan fingerprint density at radius 2 is 1.97 bits per heavy atom. The second-order valence-corrected chi connectivity index (χ2v) is 9.68. The van der Waals surface area contributed by atoms with Crippen molar-refractivity contribution in [3.05, 3.63) is 59.9 Å². The number of carbonyl (C=O) groups excluding carboxylic acids is 1. The molecule has 172 valence electrons. The van der Waals surface area contributed by atoms with E-state index in [0.29, 0.717) is 6.04 Å². The van der Waals surface area contributed by atoms with Crippen LogP contribution in [-0.4, -0.2) is 80.6 Å². The first kappa shape index (κ1) is 22.7. The van der Waals surface area contributed by atoms with Crippen molar-refractivity contribution in [3.8, 4) is 0 Å². The van der Waals surface area contributed by atoms with E-state index in [1.165, 1.54) is 18.5 Å². The summed E-state index contributed by atoms with van der Waals surface area (Å²) in [4.78, 5) is 24.2. The Balaban J connectivity index is 1.22. The molecule has 3 fully saturated rings. The number of carbonyl (C=O) groups is 1. The second-order valence-electron chi connectivity index (χ2n) is 9.68. The van der Waals surface area contributed by atoms with Crippen molar-refractivity contribution in [1.29, 1.82) is 0 Å². The van der Waals surface area contributed by atoms with E-state index in [9.17, 15) is 4.79 Å². The molecule has 4 heterocycles. The van der Waals surface area contributed by atoms with Gasteiger partial charge in [-0.2, -0.15) is 0 Å². The van der Waals surface area contributed by atoms with E-state index in [0.717, 1.165) is 62.2 Å². The Morgan fingerprint density at radius 3 is 2.62 bits per heavy atom. The van der Waals surface area contributed by atoms with Crippen LogP contribution in [0.1, 0.15) is 28.9 Å². The number of piperidine rings is 3. The van der Waals surface area contributed by atoms with Crippen molar-refractivity contribution >= 4 is 11.6 Å². The fourth-order valence-electron chi connectivity index (χ4n) is 5.24. The number of pyridine rings is 1. The first-order valence-corrected chi connectivity index (χ1v) is 11.9. The molecule has 3 aliphatic heterocycles. The highest BCUT2D eigenvalue weighted by molar-refractivity contribution is 5.94. The van der Waals surface area contributed by atoms with Crippen LogP contribution in [0.2, 0.25) is 0 Å². The SMILES string of the molecule is CN(CCc1ccccn1)C[C@H]1CN2CC[C@@H]1C[C@@H]2CNC(=O)c1ccc(N(C)C)cc1. The van der Waals surface area contributed by atoms with Crippen LogP contribution in [0, 0.1) is 11.8 Å². The third-order valence-corrected chi connectivity index (χ3v) is 7.18. The van der Waals surface area contributed by atoms with E-state index in [-0.39, 0.29) is 5.91 Å². The average Bonchev–Trinajstić information content (AvgIpc) is 2.82. The van der Waals surface area contributed by atoms with E-state index < -0.39 is 0 Å². The first-order chi connectivity index (χ1) is 15.5. The summed E-state index contributed by atoms with van der Waals surface area (Å²) in [5.74, 6) is 1.52. The molecule has 0 spiro atoms. The van der Waals surface area contributed by atoms with Gasteiger partial charge in [0.2, 0.25) is 0 Å². The second kappa shape index (κ2) is 10.5. The topological polar surface area (TPSA) is 51.7 Å². The van der Waals surface area contributed by atoms with Gasteiger partial charge >= 0.3 is 0 Å². The maximum Gasteiger partial charge on any atom is 0.251 e. The Hall–Kier alpha value is -2.44. The predicted octanol–water partition coefficient (Wildman–Crippen LogP) is 2.76. The van der Waals surface area contributed by atoms with Gasteiger partial charge in [0.1, 0.15) is 0 Å².